The Morgan fingerprint density at radius 2 is 2.45 bits per heavy atom. The molecule has 1 fully saturated rings. The van der Waals surface area contributed by atoms with Gasteiger partial charge in [-0.3, -0.25) is 4.79 Å². The van der Waals surface area contributed by atoms with Crippen molar-refractivity contribution in [1.29, 1.82) is 0 Å². The molecule has 0 bridgehead atoms. The fourth-order valence-electron chi connectivity index (χ4n) is 1.45. The molecule has 1 atom stereocenters. The zero-order valence-electron chi connectivity index (χ0n) is 7.14. The van der Waals surface area contributed by atoms with E-state index < -0.39 is 0 Å². The molecule has 1 unspecified atom stereocenters. The molecule has 1 saturated heterocycles. The van der Waals surface area contributed by atoms with Crippen molar-refractivity contribution < 1.29 is 9.53 Å². The van der Waals surface area contributed by atoms with Gasteiger partial charge in [0.25, 0.3) is 0 Å². The molecule has 1 heterocycles. The summed E-state index contributed by atoms with van der Waals surface area (Å²) >= 11 is 0. The van der Waals surface area contributed by atoms with E-state index in [1.54, 1.807) is 0 Å². The first-order valence-corrected chi connectivity index (χ1v) is 4.42. The quantitative estimate of drug-likeness (QED) is 0.620. The lowest BCUT2D eigenvalue weighted by atomic mass is 10.00. The van der Waals surface area contributed by atoms with Crippen molar-refractivity contribution in [3.63, 3.8) is 0 Å². The minimum absolute atomic E-state index is 0.406. The number of ketones is 1. The second-order valence-corrected chi connectivity index (χ2v) is 3.22. The van der Waals surface area contributed by atoms with Gasteiger partial charge in [-0.2, -0.15) is 0 Å². The maximum atomic E-state index is 11.1. The Kier molecular flexibility index (Phi) is 3.57. The van der Waals surface area contributed by atoms with Gasteiger partial charge in [-0.25, -0.2) is 0 Å². The van der Waals surface area contributed by atoms with Gasteiger partial charge in [-0.1, -0.05) is 6.92 Å². The standard InChI is InChI=1S/C9H16O2/c1-2-3-9(10)6-8-4-5-11-7-8/h8H,2-7H2,1H3. The van der Waals surface area contributed by atoms with Crippen LogP contribution in [0.2, 0.25) is 0 Å². The molecule has 0 aromatic heterocycles. The van der Waals surface area contributed by atoms with E-state index in [-0.39, 0.29) is 0 Å². The lowest BCUT2D eigenvalue weighted by molar-refractivity contribution is -0.120. The van der Waals surface area contributed by atoms with Gasteiger partial charge < -0.3 is 4.74 Å². The van der Waals surface area contributed by atoms with E-state index in [4.69, 9.17) is 4.74 Å². The molecule has 11 heavy (non-hydrogen) atoms. The summed E-state index contributed by atoms with van der Waals surface area (Å²) in [7, 11) is 0. The van der Waals surface area contributed by atoms with Gasteiger partial charge in [0.05, 0.1) is 0 Å². The highest BCUT2D eigenvalue weighted by atomic mass is 16.5. The van der Waals surface area contributed by atoms with Gasteiger partial charge in [0.2, 0.25) is 0 Å². The number of carbonyl (C=O) groups is 1. The van der Waals surface area contributed by atoms with Crippen LogP contribution in [0.4, 0.5) is 0 Å². The predicted octanol–water partition coefficient (Wildman–Crippen LogP) is 1.78. The van der Waals surface area contributed by atoms with Gasteiger partial charge in [-0.15, -0.1) is 0 Å². The summed E-state index contributed by atoms with van der Waals surface area (Å²) in [5.74, 6) is 0.928. The highest BCUT2D eigenvalue weighted by Crippen LogP contribution is 2.17. The van der Waals surface area contributed by atoms with Crippen molar-refractivity contribution in [2.75, 3.05) is 13.2 Å². The van der Waals surface area contributed by atoms with Gasteiger partial charge in [0, 0.05) is 26.1 Å². The molecular formula is C9H16O2. The van der Waals surface area contributed by atoms with Crippen molar-refractivity contribution in [3.8, 4) is 0 Å². The molecule has 0 aromatic rings. The van der Waals surface area contributed by atoms with E-state index in [2.05, 4.69) is 0 Å². The van der Waals surface area contributed by atoms with E-state index >= 15 is 0 Å². The smallest absolute Gasteiger partial charge is 0.133 e. The van der Waals surface area contributed by atoms with E-state index in [1.807, 2.05) is 6.92 Å². The first kappa shape index (κ1) is 8.72. The molecule has 64 valence electrons. The number of ether oxygens (including phenoxy) is 1. The summed E-state index contributed by atoms with van der Waals surface area (Å²) in [6.07, 6.45) is 3.55. The fraction of sp³-hybridized carbons (Fsp3) is 0.889. The molecule has 0 N–H and O–H groups in total. The Morgan fingerprint density at radius 1 is 1.64 bits per heavy atom. The summed E-state index contributed by atoms with van der Waals surface area (Å²) in [6.45, 7) is 3.70. The number of carbonyl (C=O) groups excluding carboxylic acids is 1. The second kappa shape index (κ2) is 4.50. The van der Waals surface area contributed by atoms with Crippen molar-refractivity contribution in [3.05, 3.63) is 0 Å². The van der Waals surface area contributed by atoms with E-state index in [1.165, 1.54) is 0 Å². The van der Waals surface area contributed by atoms with Crippen LogP contribution < -0.4 is 0 Å². The van der Waals surface area contributed by atoms with Crippen LogP contribution in [0.5, 0.6) is 0 Å². The predicted molar refractivity (Wildman–Crippen MR) is 43.5 cm³/mol. The lowest BCUT2D eigenvalue weighted by Gasteiger charge is -2.04. The molecule has 1 rings (SSSR count). The molecule has 0 saturated carbocycles. The van der Waals surface area contributed by atoms with Crippen LogP contribution in [0.15, 0.2) is 0 Å². The zero-order chi connectivity index (χ0) is 8.10. The van der Waals surface area contributed by atoms with E-state index in [0.29, 0.717) is 11.7 Å². The van der Waals surface area contributed by atoms with Gasteiger partial charge in [0.15, 0.2) is 0 Å². The van der Waals surface area contributed by atoms with Crippen molar-refractivity contribution in [1.82, 2.24) is 0 Å². The summed E-state index contributed by atoms with van der Waals surface area (Å²) in [6, 6.07) is 0. The van der Waals surface area contributed by atoms with Crippen molar-refractivity contribution in [2.45, 2.75) is 32.6 Å². The molecule has 0 radical (unpaired) electrons. The Labute approximate surface area is 67.9 Å². The maximum Gasteiger partial charge on any atom is 0.133 e. The van der Waals surface area contributed by atoms with Gasteiger partial charge in [0.1, 0.15) is 5.78 Å². The first-order valence-electron chi connectivity index (χ1n) is 4.42. The highest BCUT2D eigenvalue weighted by Gasteiger charge is 2.18. The second-order valence-electron chi connectivity index (χ2n) is 3.22. The SMILES string of the molecule is CCCC(=O)CC1CCOC1. The van der Waals surface area contributed by atoms with Crippen LogP contribution >= 0.6 is 0 Å². The van der Waals surface area contributed by atoms with Crippen LogP contribution in [0, 0.1) is 5.92 Å². The third kappa shape index (κ3) is 3.02. The zero-order valence-corrected chi connectivity index (χ0v) is 7.14. The Balaban J connectivity index is 2.13. The summed E-state index contributed by atoms with van der Waals surface area (Å²) in [5.41, 5.74) is 0. The molecule has 1 aliphatic heterocycles. The Hall–Kier alpha value is -0.370. The van der Waals surface area contributed by atoms with Crippen LogP contribution in [0.1, 0.15) is 32.6 Å². The minimum Gasteiger partial charge on any atom is -0.381 e. The van der Waals surface area contributed by atoms with Crippen molar-refractivity contribution >= 4 is 5.78 Å². The molecule has 1 aliphatic rings. The Bertz CT molecular complexity index is 126. The molecule has 2 heteroatoms. The highest BCUT2D eigenvalue weighted by molar-refractivity contribution is 5.78. The largest absolute Gasteiger partial charge is 0.381 e. The minimum atomic E-state index is 0.406. The van der Waals surface area contributed by atoms with E-state index in [0.717, 1.165) is 38.9 Å². The molecular weight excluding hydrogens is 140 g/mol. The van der Waals surface area contributed by atoms with Crippen molar-refractivity contribution in [2.24, 2.45) is 5.92 Å². The normalized spacial score (nSPS) is 23.9. The monoisotopic (exact) mass is 156 g/mol. The van der Waals surface area contributed by atoms with Crippen LogP contribution in [-0.4, -0.2) is 19.0 Å². The third-order valence-electron chi connectivity index (χ3n) is 2.07. The molecule has 0 spiro atoms. The number of Topliss-reactive ketones (excluding diaryl/α,β-unsaturated/α-hetero) is 1. The van der Waals surface area contributed by atoms with Gasteiger partial charge in [-0.05, 0) is 18.8 Å². The summed E-state index contributed by atoms with van der Waals surface area (Å²) < 4.78 is 5.18. The van der Waals surface area contributed by atoms with Crippen LogP contribution in [0.3, 0.4) is 0 Å². The molecule has 0 aromatic carbocycles. The summed E-state index contributed by atoms with van der Waals surface area (Å²) in [5, 5.41) is 0. The summed E-state index contributed by atoms with van der Waals surface area (Å²) in [4.78, 5) is 11.1. The lowest BCUT2D eigenvalue weighted by Crippen LogP contribution is -2.07. The molecule has 0 amide bonds. The number of rotatable bonds is 4. The van der Waals surface area contributed by atoms with Crippen LogP contribution in [0.25, 0.3) is 0 Å². The average Bonchev–Trinajstić information content (AvgIpc) is 2.40. The van der Waals surface area contributed by atoms with Crippen LogP contribution in [-0.2, 0) is 9.53 Å². The third-order valence-corrected chi connectivity index (χ3v) is 2.07. The Morgan fingerprint density at radius 3 is 3.00 bits per heavy atom. The van der Waals surface area contributed by atoms with Gasteiger partial charge >= 0.3 is 0 Å². The average molecular weight is 156 g/mol. The fourth-order valence-corrected chi connectivity index (χ4v) is 1.45. The topological polar surface area (TPSA) is 26.3 Å². The maximum absolute atomic E-state index is 11.1. The van der Waals surface area contributed by atoms with E-state index in [9.17, 15) is 4.79 Å². The number of hydrogen-bond acceptors (Lipinski definition) is 2. The molecule has 2 nitrogen and oxygen atoms in total. The molecule has 0 aliphatic carbocycles. The first-order chi connectivity index (χ1) is 5.33. The number of hydrogen-bond donors (Lipinski definition) is 0.